The van der Waals surface area contributed by atoms with Crippen molar-refractivity contribution in [2.24, 2.45) is 5.92 Å². The van der Waals surface area contributed by atoms with Gasteiger partial charge in [-0.1, -0.05) is 30.3 Å². The predicted molar refractivity (Wildman–Crippen MR) is 76.2 cm³/mol. The molecule has 1 aliphatic heterocycles. The van der Waals surface area contributed by atoms with E-state index in [-0.39, 0.29) is 17.7 Å². The molecule has 0 radical (unpaired) electrons. The Hall–Kier alpha value is -2.10. The zero-order valence-corrected chi connectivity index (χ0v) is 12.0. The number of ether oxygens (including phenoxy) is 2. The van der Waals surface area contributed by atoms with Gasteiger partial charge in [-0.3, -0.25) is 9.59 Å². The smallest absolute Gasteiger partial charge is 0.305 e. The molecular formula is C17H18O4. The molecule has 0 saturated carbocycles. The molecule has 2 atom stereocenters. The van der Waals surface area contributed by atoms with E-state index in [0.717, 1.165) is 17.8 Å². The lowest BCUT2D eigenvalue weighted by Crippen LogP contribution is -2.30. The second-order valence-electron chi connectivity index (χ2n) is 5.54. The summed E-state index contributed by atoms with van der Waals surface area (Å²) < 4.78 is 10.9. The van der Waals surface area contributed by atoms with E-state index in [1.165, 1.54) is 12.5 Å². The van der Waals surface area contributed by atoms with Crippen molar-refractivity contribution in [3.05, 3.63) is 47.2 Å². The van der Waals surface area contributed by atoms with Gasteiger partial charge in [0.1, 0.15) is 5.76 Å². The maximum atomic E-state index is 12.1. The van der Waals surface area contributed by atoms with E-state index in [4.69, 9.17) is 9.47 Å². The topological polar surface area (TPSA) is 52.6 Å². The molecule has 2 aliphatic rings. The molecule has 0 bridgehead atoms. The van der Waals surface area contributed by atoms with Gasteiger partial charge in [-0.15, -0.1) is 0 Å². The lowest BCUT2D eigenvalue weighted by atomic mass is 9.86. The highest BCUT2D eigenvalue weighted by atomic mass is 16.7. The Balaban J connectivity index is 1.83. The number of carbonyl (C=O) groups is 2. The zero-order chi connectivity index (χ0) is 14.8. The Morgan fingerprint density at radius 1 is 1.29 bits per heavy atom. The summed E-state index contributed by atoms with van der Waals surface area (Å²) in [5.41, 5.74) is 1.99. The van der Waals surface area contributed by atoms with Gasteiger partial charge in [0.2, 0.25) is 6.29 Å². The lowest BCUT2D eigenvalue weighted by molar-refractivity contribution is -0.174. The molecule has 0 amide bonds. The molecule has 0 spiro atoms. The van der Waals surface area contributed by atoms with Crippen LogP contribution in [0.3, 0.4) is 0 Å². The number of esters is 1. The number of ketones is 1. The summed E-state index contributed by atoms with van der Waals surface area (Å²) >= 11 is 0. The van der Waals surface area contributed by atoms with Gasteiger partial charge in [0, 0.05) is 37.7 Å². The number of carbonyl (C=O) groups excluding carboxylic acids is 2. The normalized spacial score (nSPS) is 24.5. The largest absolute Gasteiger partial charge is 0.459 e. The molecule has 21 heavy (non-hydrogen) atoms. The number of benzene rings is 1. The van der Waals surface area contributed by atoms with E-state index in [2.05, 4.69) is 12.1 Å². The molecule has 4 heteroatoms. The van der Waals surface area contributed by atoms with Crippen LogP contribution < -0.4 is 0 Å². The van der Waals surface area contributed by atoms with E-state index in [9.17, 15) is 9.59 Å². The van der Waals surface area contributed by atoms with E-state index in [1.807, 2.05) is 18.2 Å². The summed E-state index contributed by atoms with van der Waals surface area (Å²) in [6, 6.07) is 10.1. The monoisotopic (exact) mass is 286 g/mol. The first kappa shape index (κ1) is 13.9. The Morgan fingerprint density at radius 2 is 2.05 bits per heavy atom. The summed E-state index contributed by atoms with van der Waals surface area (Å²) in [7, 11) is 0. The minimum atomic E-state index is -0.569. The van der Waals surface area contributed by atoms with Crippen LogP contribution in [0.1, 0.15) is 31.7 Å². The summed E-state index contributed by atoms with van der Waals surface area (Å²) in [5, 5.41) is 0. The van der Waals surface area contributed by atoms with Crippen LogP contribution in [-0.4, -0.2) is 18.0 Å². The molecule has 4 nitrogen and oxygen atoms in total. The summed E-state index contributed by atoms with van der Waals surface area (Å²) in [5.74, 6) is 0.605. The van der Waals surface area contributed by atoms with Crippen LogP contribution in [0.5, 0.6) is 0 Å². The third-order valence-electron chi connectivity index (χ3n) is 3.96. The van der Waals surface area contributed by atoms with Crippen molar-refractivity contribution >= 4 is 11.8 Å². The second-order valence-corrected chi connectivity index (χ2v) is 5.54. The molecule has 1 heterocycles. The van der Waals surface area contributed by atoms with Crippen LogP contribution in [0.15, 0.2) is 41.7 Å². The molecule has 0 aromatic heterocycles. The molecular weight excluding hydrogens is 268 g/mol. The standard InChI is InChI=1S/C17H18O4/c1-11(18)20-16-10-13(9-12-5-3-2-4-6-12)17-14(19)7-8-15(17)21-16/h2-6,13,16H,7-10H2,1H3/t13-,16+/m1/s1. The number of rotatable bonds is 3. The van der Waals surface area contributed by atoms with Gasteiger partial charge in [0.25, 0.3) is 0 Å². The average Bonchev–Trinajstić information content (AvgIpc) is 2.81. The number of hydrogen-bond acceptors (Lipinski definition) is 4. The molecule has 1 aliphatic carbocycles. The van der Waals surface area contributed by atoms with Crippen LogP contribution in [0, 0.1) is 5.92 Å². The molecule has 0 saturated heterocycles. The first-order valence-corrected chi connectivity index (χ1v) is 7.27. The fraction of sp³-hybridized carbons (Fsp3) is 0.412. The minimum Gasteiger partial charge on any atom is -0.459 e. The Morgan fingerprint density at radius 3 is 2.76 bits per heavy atom. The summed E-state index contributed by atoms with van der Waals surface area (Å²) in [6.45, 7) is 1.37. The highest BCUT2D eigenvalue weighted by molar-refractivity contribution is 5.99. The lowest BCUT2D eigenvalue weighted by Gasteiger charge is -2.30. The fourth-order valence-corrected chi connectivity index (χ4v) is 3.13. The number of allylic oxidation sites excluding steroid dienone is 2. The van der Waals surface area contributed by atoms with Crippen molar-refractivity contribution in [2.75, 3.05) is 0 Å². The maximum Gasteiger partial charge on any atom is 0.305 e. The molecule has 110 valence electrons. The Bertz CT molecular complexity index is 588. The second kappa shape index (κ2) is 5.72. The van der Waals surface area contributed by atoms with Crippen LogP contribution >= 0.6 is 0 Å². The van der Waals surface area contributed by atoms with Crippen LogP contribution in [-0.2, 0) is 25.5 Å². The maximum absolute atomic E-state index is 12.1. The van der Waals surface area contributed by atoms with Gasteiger partial charge in [-0.2, -0.15) is 0 Å². The van der Waals surface area contributed by atoms with Crippen molar-refractivity contribution in [3.63, 3.8) is 0 Å². The zero-order valence-electron chi connectivity index (χ0n) is 12.0. The minimum absolute atomic E-state index is 0.0653. The predicted octanol–water partition coefficient (Wildman–Crippen LogP) is 2.77. The van der Waals surface area contributed by atoms with Crippen molar-refractivity contribution in [1.82, 2.24) is 0 Å². The number of Topliss-reactive ketones (excluding diaryl/α,β-unsaturated/α-hetero) is 1. The van der Waals surface area contributed by atoms with Crippen LogP contribution in [0.2, 0.25) is 0 Å². The Kier molecular flexibility index (Phi) is 3.78. The quantitative estimate of drug-likeness (QED) is 0.802. The van der Waals surface area contributed by atoms with Crippen LogP contribution in [0.25, 0.3) is 0 Å². The molecule has 0 N–H and O–H groups in total. The van der Waals surface area contributed by atoms with E-state index in [0.29, 0.717) is 19.3 Å². The number of hydrogen-bond donors (Lipinski definition) is 0. The first-order valence-electron chi connectivity index (χ1n) is 7.27. The van der Waals surface area contributed by atoms with Crippen molar-refractivity contribution < 1.29 is 19.1 Å². The highest BCUT2D eigenvalue weighted by Gasteiger charge is 2.38. The first-order chi connectivity index (χ1) is 10.1. The van der Waals surface area contributed by atoms with Crippen molar-refractivity contribution in [3.8, 4) is 0 Å². The van der Waals surface area contributed by atoms with Gasteiger partial charge in [-0.05, 0) is 12.0 Å². The SMILES string of the molecule is CC(=O)O[C@@H]1C[C@@H](Cc2ccccc2)C2=C(CCC2=O)O1. The van der Waals surface area contributed by atoms with Crippen molar-refractivity contribution in [2.45, 2.75) is 38.9 Å². The summed E-state index contributed by atoms with van der Waals surface area (Å²) in [6.07, 6.45) is 1.87. The third-order valence-corrected chi connectivity index (χ3v) is 3.96. The third kappa shape index (κ3) is 2.99. The van der Waals surface area contributed by atoms with Gasteiger partial charge in [-0.25, -0.2) is 0 Å². The molecule has 0 unspecified atom stereocenters. The van der Waals surface area contributed by atoms with Gasteiger partial charge in [0.15, 0.2) is 5.78 Å². The van der Waals surface area contributed by atoms with E-state index >= 15 is 0 Å². The van der Waals surface area contributed by atoms with Gasteiger partial charge < -0.3 is 9.47 Å². The van der Waals surface area contributed by atoms with E-state index < -0.39 is 6.29 Å². The van der Waals surface area contributed by atoms with Gasteiger partial charge in [0.05, 0.1) is 0 Å². The summed E-state index contributed by atoms with van der Waals surface area (Å²) in [4.78, 5) is 23.2. The van der Waals surface area contributed by atoms with Gasteiger partial charge >= 0.3 is 5.97 Å². The van der Waals surface area contributed by atoms with Crippen molar-refractivity contribution in [1.29, 1.82) is 0 Å². The average molecular weight is 286 g/mol. The van der Waals surface area contributed by atoms with Crippen LogP contribution in [0.4, 0.5) is 0 Å². The van der Waals surface area contributed by atoms with E-state index in [1.54, 1.807) is 0 Å². The Labute approximate surface area is 123 Å². The molecule has 0 fully saturated rings. The fourth-order valence-electron chi connectivity index (χ4n) is 3.13. The molecule has 3 rings (SSSR count). The molecule has 1 aromatic carbocycles. The highest BCUT2D eigenvalue weighted by Crippen LogP contribution is 2.39. The molecule has 1 aromatic rings.